The molecule has 2 rings (SSSR count). The monoisotopic (exact) mass is 358 g/mol. The van der Waals surface area contributed by atoms with Gasteiger partial charge in [-0.2, -0.15) is 17.5 Å². The van der Waals surface area contributed by atoms with E-state index in [9.17, 15) is 21.6 Å². The molecule has 0 spiro atoms. The topological polar surface area (TPSA) is 63.4 Å². The second-order valence-corrected chi connectivity index (χ2v) is 7.56. The zero-order valence-electron chi connectivity index (χ0n) is 11.9. The fourth-order valence-corrected chi connectivity index (χ4v) is 3.91. The molecule has 0 aliphatic carbocycles. The summed E-state index contributed by atoms with van der Waals surface area (Å²) in [4.78, 5) is -0.128. The molecule has 0 aromatic heterocycles. The third-order valence-corrected chi connectivity index (χ3v) is 5.69. The van der Waals surface area contributed by atoms with Gasteiger partial charge in [-0.05, 0) is 42.6 Å². The van der Waals surface area contributed by atoms with Crippen LogP contribution in [0.15, 0.2) is 29.2 Å². The largest absolute Gasteiger partial charge is 0.416 e. The first-order valence-electron chi connectivity index (χ1n) is 6.46. The van der Waals surface area contributed by atoms with Crippen LogP contribution in [0.5, 0.6) is 0 Å². The van der Waals surface area contributed by atoms with Crippen molar-refractivity contribution in [3.8, 4) is 0 Å². The molecule has 2 N–H and O–H groups in total. The minimum absolute atomic E-state index is 0. The van der Waals surface area contributed by atoms with Gasteiger partial charge in [-0.25, -0.2) is 8.42 Å². The van der Waals surface area contributed by atoms with Crippen molar-refractivity contribution < 1.29 is 21.6 Å². The fourth-order valence-electron chi connectivity index (χ4n) is 2.32. The lowest BCUT2D eigenvalue weighted by Crippen LogP contribution is -2.34. The van der Waals surface area contributed by atoms with Crippen LogP contribution >= 0.6 is 12.4 Å². The van der Waals surface area contributed by atoms with Crippen LogP contribution in [0.4, 0.5) is 13.2 Å². The molecule has 0 saturated carbocycles. The lowest BCUT2D eigenvalue weighted by molar-refractivity contribution is -0.137. The molecule has 1 heterocycles. The van der Waals surface area contributed by atoms with Crippen molar-refractivity contribution in [3.63, 3.8) is 0 Å². The summed E-state index contributed by atoms with van der Waals surface area (Å²) in [5.74, 6) is 0. The summed E-state index contributed by atoms with van der Waals surface area (Å²) in [5, 5.41) is 0. The Hall–Kier alpha value is -0.830. The Bertz CT molecular complexity index is 619. The highest BCUT2D eigenvalue weighted by Crippen LogP contribution is 2.34. The molecule has 126 valence electrons. The van der Waals surface area contributed by atoms with Gasteiger partial charge in [-0.3, -0.25) is 0 Å². The highest BCUT2D eigenvalue weighted by molar-refractivity contribution is 7.89. The Kier molecular flexibility index (Phi) is 5.55. The van der Waals surface area contributed by atoms with Gasteiger partial charge in [0.05, 0.1) is 10.5 Å². The van der Waals surface area contributed by atoms with Crippen molar-refractivity contribution in [2.75, 3.05) is 19.6 Å². The van der Waals surface area contributed by atoms with Crippen LogP contribution in [0, 0.1) is 5.41 Å². The number of rotatable bonds is 3. The first-order chi connectivity index (χ1) is 9.58. The average molecular weight is 359 g/mol. The van der Waals surface area contributed by atoms with Gasteiger partial charge in [-0.1, -0.05) is 6.92 Å². The molecule has 4 nitrogen and oxygen atoms in total. The van der Waals surface area contributed by atoms with Crippen molar-refractivity contribution in [3.05, 3.63) is 29.8 Å². The van der Waals surface area contributed by atoms with Crippen molar-refractivity contribution in [2.24, 2.45) is 11.1 Å². The quantitative estimate of drug-likeness (QED) is 0.902. The standard InChI is InChI=1S/C13H17F3N2O2S.ClH/c1-12(8-17)6-7-18(9-12)21(19,20)11-4-2-10(3-5-11)13(14,15)16;/h2-5H,6-9,17H2,1H3;1H. The first-order valence-corrected chi connectivity index (χ1v) is 7.90. The van der Waals surface area contributed by atoms with Gasteiger partial charge >= 0.3 is 6.18 Å². The second-order valence-electron chi connectivity index (χ2n) is 5.63. The molecular weight excluding hydrogens is 341 g/mol. The Balaban J connectivity index is 0.00000242. The minimum Gasteiger partial charge on any atom is -0.330 e. The molecule has 0 amide bonds. The van der Waals surface area contributed by atoms with Gasteiger partial charge in [-0.15, -0.1) is 12.4 Å². The second kappa shape index (κ2) is 6.35. The predicted octanol–water partition coefficient (Wildman–Crippen LogP) is 2.49. The first kappa shape index (κ1) is 19.2. The Morgan fingerprint density at radius 3 is 2.23 bits per heavy atom. The van der Waals surface area contributed by atoms with Gasteiger partial charge in [0.2, 0.25) is 10.0 Å². The molecule has 1 atom stereocenters. The summed E-state index contributed by atoms with van der Waals surface area (Å²) in [7, 11) is -3.77. The summed E-state index contributed by atoms with van der Waals surface area (Å²) >= 11 is 0. The molecule has 1 fully saturated rings. The van der Waals surface area contributed by atoms with E-state index in [-0.39, 0.29) is 29.3 Å². The van der Waals surface area contributed by atoms with Crippen LogP contribution in [0.2, 0.25) is 0 Å². The minimum atomic E-state index is -4.48. The highest BCUT2D eigenvalue weighted by atomic mass is 35.5. The molecule has 1 saturated heterocycles. The Morgan fingerprint density at radius 2 is 1.82 bits per heavy atom. The molecule has 9 heteroatoms. The molecular formula is C13H18ClF3N2O2S. The number of halogens is 4. The maximum atomic E-state index is 12.5. The van der Waals surface area contributed by atoms with E-state index in [1.165, 1.54) is 4.31 Å². The van der Waals surface area contributed by atoms with E-state index in [1.807, 2.05) is 6.92 Å². The molecule has 0 bridgehead atoms. The van der Waals surface area contributed by atoms with Gasteiger partial charge in [0.25, 0.3) is 0 Å². The molecule has 1 aromatic rings. The van der Waals surface area contributed by atoms with Crippen molar-refractivity contribution >= 4 is 22.4 Å². The number of benzene rings is 1. The molecule has 1 unspecified atom stereocenters. The van der Waals surface area contributed by atoms with E-state index < -0.39 is 21.8 Å². The highest BCUT2D eigenvalue weighted by Gasteiger charge is 2.39. The maximum absolute atomic E-state index is 12.5. The van der Waals surface area contributed by atoms with E-state index >= 15 is 0 Å². The third-order valence-electron chi connectivity index (χ3n) is 3.84. The number of alkyl halides is 3. The molecule has 1 aliphatic heterocycles. The maximum Gasteiger partial charge on any atom is 0.416 e. The number of nitrogens with zero attached hydrogens (tertiary/aromatic N) is 1. The van der Waals surface area contributed by atoms with E-state index in [1.54, 1.807) is 0 Å². The Morgan fingerprint density at radius 1 is 1.27 bits per heavy atom. The third kappa shape index (κ3) is 3.73. The zero-order chi connectivity index (χ0) is 15.9. The van der Waals surface area contributed by atoms with E-state index in [2.05, 4.69) is 0 Å². The lowest BCUT2D eigenvalue weighted by atomic mass is 9.90. The number of hydrogen-bond donors (Lipinski definition) is 1. The summed E-state index contributed by atoms with van der Waals surface area (Å²) in [6.07, 6.45) is -3.84. The van der Waals surface area contributed by atoms with Gasteiger partial charge in [0.1, 0.15) is 0 Å². The molecule has 22 heavy (non-hydrogen) atoms. The van der Waals surface area contributed by atoms with Gasteiger partial charge in [0.15, 0.2) is 0 Å². The normalized spacial score (nSPS) is 23.3. The van der Waals surface area contributed by atoms with Crippen LogP contribution in [-0.4, -0.2) is 32.4 Å². The number of nitrogens with two attached hydrogens (primary N) is 1. The number of sulfonamides is 1. The summed E-state index contributed by atoms with van der Waals surface area (Å²) < 4.78 is 63.6. The van der Waals surface area contributed by atoms with Crippen molar-refractivity contribution in [2.45, 2.75) is 24.4 Å². The van der Waals surface area contributed by atoms with Crippen LogP contribution in [0.25, 0.3) is 0 Å². The zero-order valence-corrected chi connectivity index (χ0v) is 13.6. The predicted molar refractivity (Wildman–Crippen MR) is 79.2 cm³/mol. The summed E-state index contributed by atoms with van der Waals surface area (Å²) in [5.41, 5.74) is 4.49. The smallest absolute Gasteiger partial charge is 0.330 e. The van der Waals surface area contributed by atoms with E-state index in [0.717, 1.165) is 24.3 Å². The van der Waals surface area contributed by atoms with Crippen molar-refractivity contribution in [1.29, 1.82) is 0 Å². The van der Waals surface area contributed by atoms with Gasteiger partial charge in [0, 0.05) is 13.1 Å². The average Bonchev–Trinajstić information content (AvgIpc) is 2.82. The summed E-state index contributed by atoms with van der Waals surface area (Å²) in [6, 6.07) is 3.56. The molecule has 1 aromatic carbocycles. The summed E-state index contributed by atoms with van der Waals surface area (Å²) in [6.45, 7) is 2.88. The van der Waals surface area contributed by atoms with E-state index in [0.29, 0.717) is 19.5 Å². The SMILES string of the molecule is CC1(CN)CCN(S(=O)(=O)c2ccc(C(F)(F)F)cc2)C1.Cl. The molecule has 0 radical (unpaired) electrons. The lowest BCUT2D eigenvalue weighted by Gasteiger charge is -2.22. The van der Waals surface area contributed by atoms with Gasteiger partial charge < -0.3 is 5.73 Å². The fraction of sp³-hybridized carbons (Fsp3) is 0.538. The number of hydrogen-bond acceptors (Lipinski definition) is 3. The van der Waals surface area contributed by atoms with E-state index in [4.69, 9.17) is 5.73 Å². The van der Waals surface area contributed by atoms with Crippen LogP contribution in [0.3, 0.4) is 0 Å². The molecule has 1 aliphatic rings. The van der Waals surface area contributed by atoms with Crippen molar-refractivity contribution in [1.82, 2.24) is 4.31 Å². The van der Waals surface area contributed by atoms with Crippen LogP contribution in [-0.2, 0) is 16.2 Å². The Labute approximate surface area is 133 Å². The van der Waals surface area contributed by atoms with Crippen LogP contribution < -0.4 is 5.73 Å². The van der Waals surface area contributed by atoms with Crippen LogP contribution in [0.1, 0.15) is 18.9 Å².